The molecule has 0 aromatic heterocycles. The molecule has 0 fully saturated rings. The summed E-state index contributed by atoms with van der Waals surface area (Å²) in [6, 6.07) is 15.7. The fraction of sp³-hybridized carbons (Fsp3) is 0.217. The van der Waals surface area contributed by atoms with E-state index in [1.807, 2.05) is 86.5 Å². The zero-order valence-corrected chi connectivity index (χ0v) is 16.3. The molecular formula is C23H26N2O2. The van der Waals surface area contributed by atoms with Crippen LogP contribution in [0, 0.1) is 0 Å². The van der Waals surface area contributed by atoms with Gasteiger partial charge in [-0.2, -0.15) is 0 Å². The highest BCUT2D eigenvalue weighted by Gasteiger charge is 2.04. The zero-order valence-electron chi connectivity index (χ0n) is 16.3. The van der Waals surface area contributed by atoms with E-state index in [0.29, 0.717) is 0 Å². The number of ketones is 2. The molecule has 2 aromatic rings. The van der Waals surface area contributed by atoms with Crippen molar-refractivity contribution in [3.05, 3.63) is 71.8 Å². The summed E-state index contributed by atoms with van der Waals surface area (Å²) < 4.78 is 0. The van der Waals surface area contributed by atoms with E-state index in [1.165, 1.54) is 12.2 Å². The third kappa shape index (κ3) is 6.59. The molecule has 27 heavy (non-hydrogen) atoms. The SMILES string of the molecule is CN(C)c1ccc(/C=C/C(=O)CC(=O)/C=C/c2ccc(N(C)C)cc2)cc1. The predicted octanol–water partition coefficient (Wildman–Crippen LogP) is 4.07. The van der Waals surface area contributed by atoms with Crippen molar-refractivity contribution in [3.8, 4) is 0 Å². The number of allylic oxidation sites excluding steroid dienone is 2. The van der Waals surface area contributed by atoms with Gasteiger partial charge in [-0.05, 0) is 47.5 Å². The Balaban J connectivity index is 1.88. The summed E-state index contributed by atoms with van der Waals surface area (Å²) in [6.45, 7) is 0. The van der Waals surface area contributed by atoms with Crippen molar-refractivity contribution in [3.63, 3.8) is 0 Å². The van der Waals surface area contributed by atoms with Crippen molar-refractivity contribution in [1.82, 2.24) is 0 Å². The van der Waals surface area contributed by atoms with Gasteiger partial charge < -0.3 is 9.80 Å². The fourth-order valence-electron chi connectivity index (χ4n) is 2.44. The van der Waals surface area contributed by atoms with Crippen LogP contribution in [0.3, 0.4) is 0 Å². The van der Waals surface area contributed by atoms with E-state index in [0.717, 1.165) is 22.5 Å². The number of rotatable bonds is 8. The molecule has 0 aliphatic rings. The fourth-order valence-corrected chi connectivity index (χ4v) is 2.44. The van der Waals surface area contributed by atoms with Gasteiger partial charge in [-0.15, -0.1) is 0 Å². The van der Waals surface area contributed by atoms with Crippen LogP contribution < -0.4 is 9.80 Å². The second-order valence-corrected chi connectivity index (χ2v) is 6.75. The molecule has 0 atom stereocenters. The molecule has 0 unspecified atom stereocenters. The number of carbonyl (C=O) groups is 2. The lowest BCUT2D eigenvalue weighted by molar-refractivity contribution is -0.121. The molecular weight excluding hydrogens is 336 g/mol. The Morgan fingerprint density at radius 1 is 0.667 bits per heavy atom. The highest BCUT2D eigenvalue weighted by atomic mass is 16.1. The van der Waals surface area contributed by atoms with E-state index in [9.17, 15) is 9.59 Å². The first kappa shape index (κ1) is 20.2. The quantitative estimate of drug-likeness (QED) is 0.524. The van der Waals surface area contributed by atoms with Crippen LogP contribution in [0.25, 0.3) is 12.2 Å². The van der Waals surface area contributed by atoms with Crippen molar-refractivity contribution < 1.29 is 9.59 Å². The molecule has 0 radical (unpaired) electrons. The maximum Gasteiger partial charge on any atom is 0.163 e. The number of hydrogen-bond acceptors (Lipinski definition) is 4. The van der Waals surface area contributed by atoms with Gasteiger partial charge in [-0.25, -0.2) is 0 Å². The van der Waals surface area contributed by atoms with Crippen molar-refractivity contribution >= 4 is 35.1 Å². The van der Waals surface area contributed by atoms with Crippen LogP contribution in [0.5, 0.6) is 0 Å². The normalized spacial score (nSPS) is 11.1. The zero-order chi connectivity index (χ0) is 19.8. The molecule has 0 amide bonds. The first-order valence-corrected chi connectivity index (χ1v) is 8.82. The second kappa shape index (κ2) is 9.53. The molecule has 0 spiro atoms. The Labute approximate surface area is 161 Å². The number of benzene rings is 2. The van der Waals surface area contributed by atoms with E-state index in [4.69, 9.17) is 0 Å². The van der Waals surface area contributed by atoms with E-state index in [-0.39, 0.29) is 18.0 Å². The van der Waals surface area contributed by atoms with Gasteiger partial charge in [0.2, 0.25) is 0 Å². The van der Waals surface area contributed by atoms with Gasteiger partial charge in [0.1, 0.15) is 0 Å². The second-order valence-electron chi connectivity index (χ2n) is 6.75. The van der Waals surface area contributed by atoms with E-state index >= 15 is 0 Å². The molecule has 4 nitrogen and oxygen atoms in total. The highest BCUT2D eigenvalue weighted by molar-refractivity contribution is 6.10. The van der Waals surface area contributed by atoms with Crippen LogP contribution in [0.1, 0.15) is 17.5 Å². The van der Waals surface area contributed by atoms with Crippen molar-refractivity contribution in [2.45, 2.75) is 6.42 Å². The lowest BCUT2D eigenvalue weighted by atomic mass is 10.1. The van der Waals surface area contributed by atoms with Crippen LogP contribution >= 0.6 is 0 Å². The Morgan fingerprint density at radius 2 is 1.00 bits per heavy atom. The summed E-state index contributed by atoms with van der Waals surface area (Å²) in [4.78, 5) is 28.0. The molecule has 0 aliphatic heterocycles. The average molecular weight is 362 g/mol. The first-order chi connectivity index (χ1) is 12.8. The van der Waals surface area contributed by atoms with Gasteiger partial charge in [0.05, 0.1) is 6.42 Å². The molecule has 2 rings (SSSR count). The summed E-state index contributed by atoms with van der Waals surface area (Å²) in [5, 5.41) is 0. The number of hydrogen-bond donors (Lipinski definition) is 0. The van der Waals surface area contributed by atoms with Crippen molar-refractivity contribution in [2.75, 3.05) is 38.0 Å². The van der Waals surface area contributed by atoms with Crippen molar-refractivity contribution in [2.24, 2.45) is 0 Å². The van der Waals surface area contributed by atoms with Crippen LogP contribution in [-0.4, -0.2) is 39.8 Å². The topological polar surface area (TPSA) is 40.6 Å². The molecule has 140 valence electrons. The average Bonchev–Trinajstić information content (AvgIpc) is 2.65. The Bertz CT molecular complexity index is 758. The Morgan fingerprint density at radius 3 is 1.30 bits per heavy atom. The largest absolute Gasteiger partial charge is 0.378 e. The summed E-state index contributed by atoms with van der Waals surface area (Å²) in [5.41, 5.74) is 4.05. The summed E-state index contributed by atoms with van der Waals surface area (Å²) in [5.74, 6) is -0.409. The minimum absolute atomic E-state index is 0.126. The van der Waals surface area contributed by atoms with Gasteiger partial charge in [0.25, 0.3) is 0 Å². The van der Waals surface area contributed by atoms with Gasteiger partial charge in [-0.1, -0.05) is 36.4 Å². The van der Waals surface area contributed by atoms with Crippen LogP contribution in [0.4, 0.5) is 11.4 Å². The molecule has 0 saturated carbocycles. The van der Waals surface area contributed by atoms with Gasteiger partial charge in [0.15, 0.2) is 11.6 Å². The number of anilines is 2. The molecule has 0 aliphatic carbocycles. The maximum atomic E-state index is 12.0. The lowest BCUT2D eigenvalue weighted by Crippen LogP contribution is -2.08. The van der Waals surface area contributed by atoms with Gasteiger partial charge in [-0.3, -0.25) is 9.59 Å². The standard InChI is InChI=1S/C23H26N2O2/c1-24(2)20-11-5-18(6-12-20)9-15-22(26)17-23(27)16-10-19-7-13-21(14-8-19)25(3)4/h5-16H,17H2,1-4H3/b15-9+,16-10+. The van der Waals surface area contributed by atoms with E-state index in [2.05, 4.69) is 0 Å². The minimum atomic E-state index is -0.204. The van der Waals surface area contributed by atoms with Crippen LogP contribution in [0.2, 0.25) is 0 Å². The molecule has 0 N–H and O–H groups in total. The minimum Gasteiger partial charge on any atom is -0.378 e. The first-order valence-electron chi connectivity index (χ1n) is 8.82. The molecule has 0 heterocycles. The van der Waals surface area contributed by atoms with Crippen LogP contribution in [0.15, 0.2) is 60.7 Å². The third-order valence-corrected chi connectivity index (χ3v) is 4.09. The van der Waals surface area contributed by atoms with Gasteiger partial charge in [0, 0.05) is 39.6 Å². The molecule has 4 heteroatoms. The molecule has 2 aromatic carbocycles. The monoisotopic (exact) mass is 362 g/mol. The number of carbonyl (C=O) groups excluding carboxylic acids is 2. The highest BCUT2D eigenvalue weighted by Crippen LogP contribution is 2.14. The van der Waals surface area contributed by atoms with E-state index in [1.54, 1.807) is 12.2 Å². The number of nitrogens with zero attached hydrogens (tertiary/aromatic N) is 2. The van der Waals surface area contributed by atoms with Crippen molar-refractivity contribution in [1.29, 1.82) is 0 Å². The Kier molecular flexibility index (Phi) is 7.12. The van der Waals surface area contributed by atoms with Crippen LogP contribution in [-0.2, 0) is 9.59 Å². The summed E-state index contributed by atoms with van der Waals surface area (Å²) >= 11 is 0. The Hall–Kier alpha value is -3.14. The maximum absolute atomic E-state index is 12.0. The third-order valence-electron chi connectivity index (χ3n) is 4.09. The van der Waals surface area contributed by atoms with E-state index < -0.39 is 0 Å². The lowest BCUT2D eigenvalue weighted by Gasteiger charge is -2.11. The predicted molar refractivity (Wildman–Crippen MR) is 114 cm³/mol. The molecule has 0 saturated heterocycles. The smallest absolute Gasteiger partial charge is 0.163 e. The summed E-state index contributed by atoms with van der Waals surface area (Å²) in [6.07, 6.45) is 6.26. The van der Waals surface area contributed by atoms with Gasteiger partial charge >= 0.3 is 0 Å². The summed E-state index contributed by atoms with van der Waals surface area (Å²) in [7, 11) is 7.91. The molecule has 0 bridgehead atoms.